The first kappa shape index (κ1) is 21.4. The number of nitrogens with zero attached hydrogens (tertiary/aromatic N) is 2. The van der Waals surface area contributed by atoms with E-state index in [0.29, 0.717) is 13.1 Å². The van der Waals surface area contributed by atoms with Crippen LogP contribution < -0.4 is 15.0 Å². The van der Waals surface area contributed by atoms with E-state index in [4.69, 9.17) is 4.74 Å². The summed E-state index contributed by atoms with van der Waals surface area (Å²) in [6.45, 7) is 3.01. The number of thiophene rings is 1. The van der Waals surface area contributed by atoms with Gasteiger partial charge in [0.25, 0.3) is 5.91 Å². The number of amides is 1. The molecule has 3 aromatic rings. The number of hydrogen-bond acceptors (Lipinski definition) is 5. The van der Waals surface area contributed by atoms with Gasteiger partial charge in [0.2, 0.25) is 0 Å². The summed E-state index contributed by atoms with van der Waals surface area (Å²) in [5, 5.41) is 5.29. The Bertz CT molecular complexity index is 988. The van der Waals surface area contributed by atoms with Gasteiger partial charge in [-0.3, -0.25) is 4.79 Å². The van der Waals surface area contributed by atoms with Gasteiger partial charge in [0.1, 0.15) is 11.9 Å². The molecule has 162 valence electrons. The van der Waals surface area contributed by atoms with Gasteiger partial charge >= 0.3 is 0 Å². The number of ether oxygens (including phenoxy) is 1. The van der Waals surface area contributed by atoms with Crippen molar-refractivity contribution in [2.75, 3.05) is 38.6 Å². The molecule has 1 atom stereocenters. The SMILES string of the molecule is CNCC[C@H](Oc1ccc(CN2CCN(C)c3ccccc3C2=O)cc1)c1cccs1. The summed E-state index contributed by atoms with van der Waals surface area (Å²) < 4.78 is 6.29. The minimum atomic E-state index is 0.0394. The van der Waals surface area contributed by atoms with Crippen LogP contribution in [0.1, 0.15) is 33.3 Å². The summed E-state index contributed by atoms with van der Waals surface area (Å²) in [5.74, 6) is 0.940. The van der Waals surface area contributed by atoms with E-state index in [1.54, 1.807) is 11.3 Å². The average molecular weight is 436 g/mol. The van der Waals surface area contributed by atoms with E-state index in [-0.39, 0.29) is 12.0 Å². The fraction of sp³-hybridized carbons (Fsp3) is 0.320. The van der Waals surface area contributed by atoms with Gasteiger partial charge in [-0.25, -0.2) is 0 Å². The average Bonchev–Trinajstić information content (AvgIpc) is 3.31. The van der Waals surface area contributed by atoms with E-state index >= 15 is 0 Å². The molecule has 1 aromatic heterocycles. The minimum absolute atomic E-state index is 0.0394. The number of hydrogen-bond donors (Lipinski definition) is 1. The van der Waals surface area contributed by atoms with E-state index in [9.17, 15) is 4.79 Å². The van der Waals surface area contributed by atoms with E-state index in [1.807, 2.05) is 55.4 Å². The third-order valence-electron chi connectivity index (χ3n) is 5.63. The van der Waals surface area contributed by atoms with Crippen LogP contribution >= 0.6 is 11.3 Å². The molecule has 4 rings (SSSR count). The van der Waals surface area contributed by atoms with Crippen LogP contribution in [0.4, 0.5) is 5.69 Å². The molecule has 2 aromatic carbocycles. The molecule has 0 spiro atoms. The Morgan fingerprint density at radius 1 is 1.06 bits per heavy atom. The number of likely N-dealkylation sites (N-methyl/N-ethyl adjacent to an activating group) is 1. The van der Waals surface area contributed by atoms with Gasteiger partial charge in [0.15, 0.2) is 0 Å². The van der Waals surface area contributed by atoms with Crippen molar-refractivity contribution in [2.45, 2.75) is 19.1 Å². The largest absolute Gasteiger partial charge is 0.485 e. The van der Waals surface area contributed by atoms with Gasteiger partial charge in [-0.2, -0.15) is 0 Å². The zero-order valence-corrected chi connectivity index (χ0v) is 18.9. The smallest absolute Gasteiger partial charge is 0.256 e. The highest BCUT2D eigenvalue weighted by Crippen LogP contribution is 2.29. The third kappa shape index (κ3) is 5.09. The fourth-order valence-corrected chi connectivity index (χ4v) is 4.66. The molecule has 0 fully saturated rings. The number of benzene rings is 2. The quantitative estimate of drug-likeness (QED) is 0.563. The second kappa shape index (κ2) is 9.98. The molecule has 1 amide bonds. The first-order chi connectivity index (χ1) is 15.2. The van der Waals surface area contributed by atoms with Gasteiger partial charge in [-0.1, -0.05) is 30.3 Å². The van der Waals surface area contributed by atoms with E-state index < -0.39 is 0 Å². The Morgan fingerprint density at radius 3 is 2.61 bits per heavy atom. The molecule has 0 saturated carbocycles. The maximum absolute atomic E-state index is 13.1. The lowest BCUT2D eigenvalue weighted by Gasteiger charge is -2.22. The van der Waals surface area contributed by atoms with Crippen LogP contribution in [-0.2, 0) is 6.54 Å². The molecule has 0 radical (unpaired) electrons. The van der Waals surface area contributed by atoms with E-state index in [1.165, 1.54) is 4.88 Å². The van der Waals surface area contributed by atoms with Crippen LogP contribution in [0.25, 0.3) is 0 Å². The monoisotopic (exact) mass is 435 g/mol. The summed E-state index contributed by atoms with van der Waals surface area (Å²) >= 11 is 1.72. The van der Waals surface area contributed by atoms with Crippen LogP contribution in [0.3, 0.4) is 0 Å². The van der Waals surface area contributed by atoms with Crippen LogP contribution in [0.15, 0.2) is 66.0 Å². The predicted octanol–water partition coefficient (Wildman–Crippen LogP) is 4.57. The molecule has 6 heteroatoms. The van der Waals surface area contributed by atoms with Crippen LogP contribution in [0.2, 0.25) is 0 Å². The summed E-state index contributed by atoms with van der Waals surface area (Å²) in [4.78, 5) is 18.4. The number of nitrogens with one attached hydrogen (secondary N) is 1. The van der Waals surface area contributed by atoms with Gasteiger partial charge in [0.05, 0.1) is 5.56 Å². The van der Waals surface area contributed by atoms with Crippen molar-refractivity contribution in [3.05, 3.63) is 82.0 Å². The molecular formula is C25H29N3O2S. The molecule has 0 saturated heterocycles. The van der Waals surface area contributed by atoms with Crippen LogP contribution in [0, 0.1) is 0 Å². The Hall–Kier alpha value is -2.83. The number of carbonyl (C=O) groups excluding carboxylic acids is 1. The highest BCUT2D eigenvalue weighted by Gasteiger charge is 2.24. The van der Waals surface area contributed by atoms with Crippen molar-refractivity contribution in [3.8, 4) is 5.75 Å². The summed E-state index contributed by atoms with van der Waals surface area (Å²) in [6.07, 6.45) is 0.950. The molecule has 5 nitrogen and oxygen atoms in total. The van der Waals surface area contributed by atoms with Crippen molar-refractivity contribution in [1.29, 1.82) is 0 Å². The fourth-order valence-electron chi connectivity index (χ4n) is 3.87. The molecule has 1 N–H and O–H groups in total. The van der Waals surface area contributed by atoms with Gasteiger partial charge in [0, 0.05) is 43.7 Å². The van der Waals surface area contributed by atoms with Crippen molar-refractivity contribution >= 4 is 22.9 Å². The molecule has 31 heavy (non-hydrogen) atoms. The summed E-state index contributed by atoms with van der Waals surface area (Å²) in [7, 11) is 4.00. The zero-order valence-electron chi connectivity index (χ0n) is 18.1. The normalized spacial score (nSPS) is 14.8. The molecule has 1 aliphatic heterocycles. The topological polar surface area (TPSA) is 44.8 Å². The van der Waals surface area contributed by atoms with Crippen LogP contribution in [0.5, 0.6) is 5.75 Å². The minimum Gasteiger partial charge on any atom is -0.485 e. The van der Waals surface area contributed by atoms with E-state index in [0.717, 1.165) is 42.1 Å². The maximum Gasteiger partial charge on any atom is 0.256 e. The molecule has 0 aliphatic carbocycles. The predicted molar refractivity (Wildman–Crippen MR) is 127 cm³/mol. The van der Waals surface area contributed by atoms with Gasteiger partial charge in [-0.05, 0) is 54.9 Å². The molecule has 1 aliphatic rings. The summed E-state index contributed by atoms with van der Waals surface area (Å²) in [6, 6.07) is 20.2. The van der Waals surface area contributed by atoms with Crippen molar-refractivity contribution < 1.29 is 9.53 Å². The molecule has 0 unspecified atom stereocenters. The highest BCUT2D eigenvalue weighted by molar-refractivity contribution is 7.10. The standard InChI is InChI=1S/C25H29N3O2S/c1-26-14-13-23(24-8-5-17-31-24)30-20-11-9-19(10-12-20)18-28-16-15-27(2)22-7-4-3-6-21(22)25(28)29/h3-12,17,23,26H,13-16,18H2,1-2H3/t23-/m0/s1. The molecule has 2 heterocycles. The van der Waals surface area contributed by atoms with Crippen molar-refractivity contribution in [1.82, 2.24) is 10.2 Å². The Balaban J connectivity index is 1.44. The zero-order chi connectivity index (χ0) is 21.6. The first-order valence-electron chi connectivity index (χ1n) is 10.7. The van der Waals surface area contributed by atoms with Crippen molar-refractivity contribution in [3.63, 3.8) is 0 Å². The lowest BCUT2D eigenvalue weighted by Crippen LogP contribution is -2.33. The molecule has 0 bridgehead atoms. The third-order valence-corrected chi connectivity index (χ3v) is 6.59. The lowest BCUT2D eigenvalue weighted by molar-refractivity contribution is 0.0755. The number of para-hydroxylation sites is 1. The molecular weight excluding hydrogens is 406 g/mol. The maximum atomic E-state index is 13.1. The second-order valence-electron chi connectivity index (χ2n) is 7.82. The Kier molecular flexibility index (Phi) is 6.89. The lowest BCUT2D eigenvalue weighted by atomic mass is 10.1. The first-order valence-corrected chi connectivity index (χ1v) is 11.6. The Morgan fingerprint density at radius 2 is 1.87 bits per heavy atom. The van der Waals surface area contributed by atoms with E-state index in [2.05, 4.69) is 39.9 Å². The highest BCUT2D eigenvalue weighted by atomic mass is 32.1. The van der Waals surface area contributed by atoms with Crippen LogP contribution in [-0.4, -0.2) is 44.5 Å². The second-order valence-corrected chi connectivity index (χ2v) is 8.80. The Labute approximate surface area is 188 Å². The van der Waals surface area contributed by atoms with Gasteiger partial charge in [-0.15, -0.1) is 11.3 Å². The van der Waals surface area contributed by atoms with Crippen molar-refractivity contribution in [2.24, 2.45) is 0 Å². The number of rotatable bonds is 8. The number of fused-ring (bicyclic) bond motifs is 1. The summed E-state index contributed by atoms with van der Waals surface area (Å²) in [5.41, 5.74) is 2.87. The number of carbonyl (C=O) groups is 1. The number of anilines is 1. The van der Waals surface area contributed by atoms with Gasteiger partial charge < -0.3 is 19.9 Å².